The van der Waals surface area contributed by atoms with Crippen LogP contribution in [-0.4, -0.2) is 54.0 Å². The third-order valence-electron chi connectivity index (χ3n) is 6.34. The van der Waals surface area contributed by atoms with Crippen molar-refractivity contribution in [3.8, 4) is 11.5 Å². The van der Waals surface area contributed by atoms with E-state index < -0.39 is 17.7 Å². The predicted octanol–water partition coefficient (Wildman–Crippen LogP) is 3.54. The summed E-state index contributed by atoms with van der Waals surface area (Å²) in [5, 5.41) is 11.4. The van der Waals surface area contributed by atoms with Crippen LogP contribution in [0.15, 0.2) is 72.4 Å². The Balaban J connectivity index is 1.65. The van der Waals surface area contributed by atoms with Gasteiger partial charge in [0, 0.05) is 18.8 Å². The van der Waals surface area contributed by atoms with Crippen molar-refractivity contribution in [2.24, 2.45) is 0 Å². The topological polar surface area (TPSA) is 92.2 Å². The van der Waals surface area contributed by atoms with Crippen LogP contribution in [0.4, 0.5) is 5.69 Å². The van der Waals surface area contributed by atoms with E-state index in [0.29, 0.717) is 41.5 Å². The molecular weight excluding hydrogens is 446 g/mol. The molecule has 1 unspecified atom stereocenters. The molecule has 5 rings (SSSR count). The molecule has 0 saturated carbocycles. The first-order valence-corrected chi connectivity index (χ1v) is 11.3. The number of likely N-dealkylation sites (N-methyl/N-ethyl adjacent to an activating group) is 1. The van der Waals surface area contributed by atoms with E-state index in [0.717, 1.165) is 5.69 Å². The first-order valence-electron chi connectivity index (χ1n) is 11.3. The van der Waals surface area contributed by atoms with Gasteiger partial charge in [-0.3, -0.25) is 14.6 Å². The minimum atomic E-state index is -0.808. The summed E-state index contributed by atoms with van der Waals surface area (Å²) in [5.74, 6) is -0.382. The number of aliphatic hydroxyl groups excluding tert-OH is 1. The molecule has 1 atom stereocenters. The first-order chi connectivity index (χ1) is 17.0. The lowest BCUT2D eigenvalue weighted by molar-refractivity contribution is -0.140. The molecule has 3 heterocycles. The number of aliphatic hydroxyl groups is 1. The minimum absolute atomic E-state index is 0.0264. The maximum atomic E-state index is 13.3. The average Bonchev–Trinajstić information content (AvgIpc) is 3.14. The van der Waals surface area contributed by atoms with Gasteiger partial charge in [-0.2, -0.15) is 0 Å². The number of hydrogen-bond donors (Lipinski definition) is 1. The summed E-state index contributed by atoms with van der Waals surface area (Å²) in [6.45, 7) is 1.39. The van der Waals surface area contributed by atoms with Gasteiger partial charge in [-0.1, -0.05) is 18.2 Å². The number of nitrogens with zero attached hydrogens (tertiary/aromatic N) is 3. The lowest BCUT2D eigenvalue weighted by Crippen LogP contribution is -2.29. The molecule has 0 radical (unpaired) electrons. The molecule has 35 heavy (non-hydrogen) atoms. The molecule has 2 aromatic carbocycles. The van der Waals surface area contributed by atoms with Crippen LogP contribution >= 0.6 is 0 Å². The highest BCUT2D eigenvalue weighted by Crippen LogP contribution is 2.42. The highest BCUT2D eigenvalue weighted by molar-refractivity contribution is 6.46. The molecule has 8 nitrogen and oxygen atoms in total. The Kier molecular flexibility index (Phi) is 5.86. The Morgan fingerprint density at radius 1 is 1.14 bits per heavy atom. The number of ketones is 1. The number of carbonyl (C=O) groups excluding carboxylic acids is 2. The van der Waals surface area contributed by atoms with Gasteiger partial charge in [0.05, 0.1) is 43.2 Å². The number of amides is 1. The smallest absolute Gasteiger partial charge is 0.296 e. The predicted molar refractivity (Wildman–Crippen MR) is 130 cm³/mol. The number of carbonyl (C=O) groups is 2. The van der Waals surface area contributed by atoms with Gasteiger partial charge in [0.25, 0.3) is 11.7 Å². The van der Waals surface area contributed by atoms with Crippen LogP contribution < -0.4 is 14.4 Å². The highest BCUT2D eigenvalue weighted by atomic mass is 16.5. The Morgan fingerprint density at radius 2 is 2.00 bits per heavy atom. The monoisotopic (exact) mass is 471 g/mol. The Bertz CT molecular complexity index is 1320. The van der Waals surface area contributed by atoms with E-state index in [4.69, 9.17) is 9.47 Å². The third-order valence-corrected chi connectivity index (χ3v) is 6.34. The van der Waals surface area contributed by atoms with Gasteiger partial charge in [0.15, 0.2) is 0 Å². The molecule has 3 aromatic rings. The number of Topliss-reactive ketones (excluding diaryl/α,β-unsaturated/α-hetero) is 1. The number of aromatic nitrogens is 1. The summed E-state index contributed by atoms with van der Waals surface area (Å²) >= 11 is 0. The van der Waals surface area contributed by atoms with Gasteiger partial charge in [-0.15, -0.1) is 0 Å². The van der Waals surface area contributed by atoms with E-state index >= 15 is 0 Å². The van der Waals surface area contributed by atoms with Crippen LogP contribution in [0.5, 0.6) is 11.5 Å². The highest BCUT2D eigenvalue weighted by Gasteiger charge is 2.46. The van der Waals surface area contributed by atoms with Crippen LogP contribution in [0, 0.1) is 0 Å². The quantitative estimate of drug-likeness (QED) is 0.346. The number of fused-ring (bicyclic) bond motifs is 1. The largest absolute Gasteiger partial charge is 0.507 e. The number of rotatable bonds is 5. The molecule has 0 spiro atoms. The minimum Gasteiger partial charge on any atom is -0.507 e. The van der Waals surface area contributed by atoms with Gasteiger partial charge in [-0.05, 0) is 48.0 Å². The molecule has 0 bridgehead atoms. The van der Waals surface area contributed by atoms with E-state index in [1.807, 2.05) is 24.1 Å². The van der Waals surface area contributed by atoms with E-state index in [1.54, 1.807) is 61.8 Å². The Labute approximate surface area is 203 Å². The normalized spacial score (nSPS) is 18.9. The van der Waals surface area contributed by atoms with Gasteiger partial charge < -0.3 is 24.4 Å². The number of hydrogen-bond acceptors (Lipinski definition) is 7. The molecule has 8 heteroatoms. The fourth-order valence-corrected chi connectivity index (χ4v) is 4.52. The Morgan fingerprint density at radius 3 is 2.77 bits per heavy atom. The van der Waals surface area contributed by atoms with Crippen LogP contribution in [0.1, 0.15) is 22.9 Å². The molecule has 1 amide bonds. The standard InChI is InChI=1S/C27H25N3O5/c1-29-12-13-35-22-10-9-18(15-21(22)29)25(31)23-24(17-6-5-8-20(14-17)34-2)30(27(33)26(23)32)16-19-7-3-4-11-28-19/h3-11,14-15,24,31H,12-13,16H2,1-2H3/b25-23-. The average molecular weight is 472 g/mol. The molecule has 178 valence electrons. The van der Waals surface area contributed by atoms with Crippen molar-refractivity contribution in [3.05, 3.63) is 89.3 Å². The van der Waals surface area contributed by atoms with Crippen molar-refractivity contribution in [1.82, 2.24) is 9.88 Å². The van der Waals surface area contributed by atoms with Crippen molar-refractivity contribution >= 4 is 23.1 Å². The number of methoxy groups -OCH3 is 1. The zero-order valence-corrected chi connectivity index (χ0v) is 19.5. The molecule has 2 aliphatic heterocycles. The van der Waals surface area contributed by atoms with Crippen LogP contribution in [0.25, 0.3) is 5.76 Å². The van der Waals surface area contributed by atoms with E-state index in [2.05, 4.69) is 4.98 Å². The summed E-state index contributed by atoms with van der Waals surface area (Å²) in [5.41, 5.74) is 2.55. The number of anilines is 1. The Hall–Kier alpha value is -4.33. The molecule has 2 aliphatic rings. The summed E-state index contributed by atoms with van der Waals surface area (Å²) in [6, 6.07) is 17.0. The van der Waals surface area contributed by atoms with E-state index in [9.17, 15) is 14.7 Å². The lowest BCUT2D eigenvalue weighted by Gasteiger charge is -2.28. The van der Waals surface area contributed by atoms with Gasteiger partial charge in [-0.25, -0.2) is 0 Å². The molecule has 1 N–H and O–H groups in total. The number of likely N-dealkylation sites (tertiary alicyclic amines) is 1. The lowest BCUT2D eigenvalue weighted by atomic mass is 9.94. The molecular formula is C27H25N3O5. The number of ether oxygens (including phenoxy) is 2. The summed E-state index contributed by atoms with van der Waals surface area (Å²) in [6.07, 6.45) is 1.64. The molecule has 1 saturated heterocycles. The maximum Gasteiger partial charge on any atom is 0.296 e. The SMILES string of the molecule is COc1cccc(C2/C(=C(/O)c3ccc4c(c3)N(C)CCO4)C(=O)C(=O)N2Cc2ccccn2)c1. The summed E-state index contributed by atoms with van der Waals surface area (Å²) in [7, 11) is 3.49. The zero-order chi connectivity index (χ0) is 24.5. The van der Waals surface area contributed by atoms with Gasteiger partial charge >= 0.3 is 0 Å². The summed E-state index contributed by atoms with van der Waals surface area (Å²) in [4.78, 5) is 34.3. The molecule has 1 aromatic heterocycles. The van der Waals surface area contributed by atoms with Crippen LogP contribution in [0.2, 0.25) is 0 Å². The second-order valence-corrected chi connectivity index (χ2v) is 8.48. The first kappa shape index (κ1) is 22.5. The van der Waals surface area contributed by atoms with Gasteiger partial charge in [0.2, 0.25) is 0 Å². The van der Waals surface area contributed by atoms with E-state index in [-0.39, 0.29) is 17.9 Å². The number of benzene rings is 2. The van der Waals surface area contributed by atoms with Crippen molar-refractivity contribution < 1.29 is 24.2 Å². The molecule has 1 fully saturated rings. The van der Waals surface area contributed by atoms with Gasteiger partial charge in [0.1, 0.15) is 23.9 Å². The van der Waals surface area contributed by atoms with Crippen molar-refractivity contribution in [2.75, 3.05) is 32.2 Å². The maximum absolute atomic E-state index is 13.3. The molecule has 0 aliphatic carbocycles. The van der Waals surface area contributed by atoms with Crippen molar-refractivity contribution in [2.45, 2.75) is 12.6 Å². The fourth-order valence-electron chi connectivity index (χ4n) is 4.52. The van der Waals surface area contributed by atoms with Crippen LogP contribution in [0.3, 0.4) is 0 Å². The van der Waals surface area contributed by atoms with Crippen LogP contribution in [-0.2, 0) is 16.1 Å². The van der Waals surface area contributed by atoms with Crippen molar-refractivity contribution in [1.29, 1.82) is 0 Å². The number of pyridine rings is 1. The third kappa shape index (κ3) is 4.07. The fraction of sp³-hybridized carbons (Fsp3) is 0.222. The van der Waals surface area contributed by atoms with E-state index in [1.165, 1.54) is 4.90 Å². The second kappa shape index (κ2) is 9.13. The second-order valence-electron chi connectivity index (χ2n) is 8.48. The van der Waals surface area contributed by atoms with Crippen molar-refractivity contribution in [3.63, 3.8) is 0 Å². The zero-order valence-electron chi connectivity index (χ0n) is 19.5. The summed E-state index contributed by atoms with van der Waals surface area (Å²) < 4.78 is 11.1.